The van der Waals surface area contributed by atoms with E-state index in [-0.39, 0.29) is 5.97 Å². The Balaban J connectivity index is 2.51. The van der Waals surface area contributed by atoms with Crippen molar-refractivity contribution in [3.05, 3.63) is 39.9 Å². The largest absolute Gasteiger partial charge is 0.426 e. The summed E-state index contributed by atoms with van der Waals surface area (Å²) in [6.45, 7) is 5.87. The molecule has 2 aromatic rings. The SMILES string of the molecule is Cc1ccc2ccc3c(c2c1Br)C(C)(C)C(=O)O3. The molecule has 0 saturated heterocycles. The fourth-order valence-electron chi connectivity index (χ4n) is 2.50. The number of hydrogen-bond acceptors (Lipinski definition) is 2. The van der Waals surface area contributed by atoms with Crippen molar-refractivity contribution in [3.63, 3.8) is 0 Å². The highest BCUT2D eigenvalue weighted by Gasteiger charge is 2.42. The third-order valence-electron chi connectivity index (χ3n) is 3.62. The Bertz CT molecular complexity index is 686. The van der Waals surface area contributed by atoms with Crippen molar-refractivity contribution < 1.29 is 9.53 Å². The Morgan fingerprint density at radius 1 is 1.17 bits per heavy atom. The van der Waals surface area contributed by atoms with E-state index in [9.17, 15) is 4.79 Å². The zero-order valence-electron chi connectivity index (χ0n) is 10.5. The molecule has 0 radical (unpaired) electrons. The maximum absolute atomic E-state index is 12.0. The minimum absolute atomic E-state index is 0.182. The van der Waals surface area contributed by atoms with Gasteiger partial charge in [-0.1, -0.05) is 18.2 Å². The summed E-state index contributed by atoms with van der Waals surface area (Å²) < 4.78 is 6.41. The van der Waals surface area contributed by atoms with Crippen LogP contribution < -0.4 is 4.74 Å². The molecule has 1 aliphatic heterocycles. The van der Waals surface area contributed by atoms with Crippen LogP contribution in [0.3, 0.4) is 0 Å². The van der Waals surface area contributed by atoms with Gasteiger partial charge in [0.15, 0.2) is 0 Å². The molecule has 0 atom stereocenters. The van der Waals surface area contributed by atoms with Gasteiger partial charge in [-0.05, 0) is 53.7 Å². The van der Waals surface area contributed by atoms with E-state index in [4.69, 9.17) is 4.74 Å². The molecule has 0 fully saturated rings. The van der Waals surface area contributed by atoms with Crippen LogP contribution in [0.1, 0.15) is 25.0 Å². The summed E-state index contributed by atoms with van der Waals surface area (Å²) in [5.41, 5.74) is 1.55. The number of rotatable bonds is 0. The van der Waals surface area contributed by atoms with Crippen molar-refractivity contribution in [2.75, 3.05) is 0 Å². The van der Waals surface area contributed by atoms with E-state index < -0.39 is 5.41 Å². The monoisotopic (exact) mass is 304 g/mol. The average molecular weight is 305 g/mol. The highest BCUT2D eigenvalue weighted by atomic mass is 79.9. The number of carbonyl (C=O) groups excluding carboxylic acids is 1. The summed E-state index contributed by atoms with van der Waals surface area (Å²) in [7, 11) is 0. The molecule has 0 aromatic heterocycles. The zero-order chi connectivity index (χ0) is 13.1. The van der Waals surface area contributed by atoms with Gasteiger partial charge >= 0.3 is 5.97 Å². The maximum atomic E-state index is 12.0. The van der Waals surface area contributed by atoms with Crippen molar-refractivity contribution in [2.45, 2.75) is 26.2 Å². The minimum atomic E-state index is -0.592. The number of aryl methyl sites for hydroxylation is 1. The van der Waals surface area contributed by atoms with E-state index in [1.165, 1.54) is 0 Å². The zero-order valence-corrected chi connectivity index (χ0v) is 12.1. The lowest BCUT2D eigenvalue weighted by atomic mass is 9.83. The van der Waals surface area contributed by atoms with Gasteiger partial charge in [-0.25, -0.2) is 0 Å². The Morgan fingerprint density at radius 3 is 2.56 bits per heavy atom. The topological polar surface area (TPSA) is 26.3 Å². The molecule has 0 aliphatic carbocycles. The highest BCUT2D eigenvalue weighted by Crippen LogP contribution is 2.46. The van der Waals surface area contributed by atoms with Crippen LogP contribution in [-0.2, 0) is 10.2 Å². The standard InChI is InChI=1S/C15H13BrO2/c1-8-4-5-9-6-7-10-12(11(9)13(8)16)15(2,3)14(17)18-10/h4-7H,1-3H3. The van der Waals surface area contributed by atoms with E-state index >= 15 is 0 Å². The summed E-state index contributed by atoms with van der Waals surface area (Å²) in [5, 5.41) is 2.21. The number of hydrogen-bond donors (Lipinski definition) is 0. The number of esters is 1. The van der Waals surface area contributed by atoms with Crippen LogP contribution in [0.25, 0.3) is 10.8 Å². The Labute approximate surface area is 114 Å². The predicted octanol–water partition coefficient (Wildman–Crippen LogP) is 4.11. The molecule has 0 spiro atoms. The van der Waals surface area contributed by atoms with Gasteiger partial charge in [0.05, 0.1) is 5.41 Å². The Hall–Kier alpha value is -1.35. The molecule has 2 nitrogen and oxygen atoms in total. The van der Waals surface area contributed by atoms with Crippen LogP contribution in [-0.4, -0.2) is 5.97 Å². The van der Waals surface area contributed by atoms with Crippen molar-refractivity contribution in [1.82, 2.24) is 0 Å². The lowest BCUT2D eigenvalue weighted by Crippen LogP contribution is -2.26. The second-order valence-corrected chi connectivity index (χ2v) is 6.04. The Morgan fingerprint density at radius 2 is 1.83 bits per heavy atom. The van der Waals surface area contributed by atoms with E-state index in [0.717, 1.165) is 26.4 Å². The van der Waals surface area contributed by atoms with Crippen LogP contribution in [0.15, 0.2) is 28.7 Å². The lowest BCUT2D eigenvalue weighted by molar-refractivity contribution is -0.137. The van der Waals surface area contributed by atoms with Crippen molar-refractivity contribution in [2.24, 2.45) is 0 Å². The quantitative estimate of drug-likeness (QED) is 0.541. The van der Waals surface area contributed by atoms with Crippen LogP contribution in [0.5, 0.6) is 5.75 Å². The molecular weight excluding hydrogens is 292 g/mol. The van der Waals surface area contributed by atoms with Crippen molar-refractivity contribution in [3.8, 4) is 5.75 Å². The molecule has 1 aliphatic rings. The molecule has 0 N–H and O–H groups in total. The molecule has 2 aromatic carbocycles. The molecule has 0 amide bonds. The van der Waals surface area contributed by atoms with Gasteiger partial charge < -0.3 is 4.74 Å². The fourth-order valence-corrected chi connectivity index (χ4v) is 3.05. The lowest BCUT2D eigenvalue weighted by Gasteiger charge is -2.17. The summed E-state index contributed by atoms with van der Waals surface area (Å²) in [5.74, 6) is 0.502. The fraction of sp³-hybridized carbons (Fsp3) is 0.267. The normalized spacial score (nSPS) is 16.8. The first-order chi connectivity index (χ1) is 8.43. The van der Waals surface area contributed by atoms with Gasteiger partial charge in [-0.15, -0.1) is 0 Å². The van der Waals surface area contributed by atoms with Crippen molar-refractivity contribution >= 4 is 32.7 Å². The van der Waals surface area contributed by atoms with E-state index in [1.807, 2.05) is 32.9 Å². The molecule has 3 heteroatoms. The van der Waals surface area contributed by atoms with E-state index in [2.05, 4.69) is 28.1 Å². The van der Waals surface area contributed by atoms with Gasteiger partial charge in [0, 0.05) is 15.4 Å². The third-order valence-corrected chi connectivity index (χ3v) is 4.64. The average Bonchev–Trinajstić information content (AvgIpc) is 2.55. The van der Waals surface area contributed by atoms with Gasteiger partial charge in [0.1, 0.15) is 5.75 Å². The molecule has 0 bridgehead atoms. The number of fused-ring (bicyclic) bond motifs is 3. The molecule has 0 unspecified atom stereocenters. The minimum Gasteiger partial charge on any atom is -0.426 e. The van der Waals surface area contributed by atoms with Crippen molar-refractivity contribution in [1.29, 1.82) is 0 Å². The number of benzene rings is 2. The van der Waals surface area contributed by atoms with Gasteiger partial charge in [-0.3, -0.25) is 4.79 Å². The summed E-state index contributed by atoms with van der Waals surface area (Å²) in [6, 6.07) is 8.02. The first kappa shape index (κ1) is 11.7. The molecule has 92 valence electrons. The Kier molecular flexibility index (Phi) is 2.33. The van der Waals surface area contributed by atoms with Gasteiger partial charge in [-0.2, -0.15) is 0 Å². The summed E-state index contributed by atoms with van der Waals surface area (Å²) >= 11 is 3.64. The third kappa shape index (κ3) is 1.37. The summed E-state index contributed by atoms with van der Waals surface area (Å²) in [6.07, 6.45) is 0. The number of ether oxygens (including phenoxy) is 1. The van der Waals surface area contributed by atoms with Gasteiger partial charge in [0.25, 0.3) is 0 Å². The van der Waals surface area contributed by atoms with E-state index in [1.54, 1.807) is 0 Å². The maximum Gasteiger partial charge on any atom is 0.321 e. The molecule has 1 heterocycles. The number of carbonyl (C=O) groups is 1. The second kappa shape index (κ2) is 3.58. The molecule has 18 heavy (non-hydrogen) atoms. The first-order valence-electron chi connectivity index (χ1n) is 5.87. The smallest absolute Gasteiger partial charge is 0.321 e. The van der Waals surface area contributed by atoms with Crippen LogP contribution >= 0.6 is 15.9 Å². The van der Waals surface area contributed by atoms with Crippen LogP contribution in [0.2, 0.25) is 0 Å². The molecule has 3 rings (SSSR count). The van der Waals surface area contributed by atoms with Crippen LogP contribution in [0, 0.1) is 6.92 Å². The second-order valence-electron chi connectivity index (χ2n) is 5.25. The predicted molar refractivity (Wildman–Crippen MR) is 75.0 cm³/mol. The van der Waals surface area contributed by atoms with Crippen LogP contribution in [0.4, 0.5) is 0 Å². The van der Waals surface area contributed by atoms with E-state index in [0.29, 0.717) is 5.75 Å². The molecular formula is C15H13BrO2. The summed E-state index contributed by atoms with van der Waals surface area (Å²) in [4.78, 5) is 12.0. The van der Waals surface area contributed by atoms with Gasteiger partial charge in [0.2, 0.25) is 0 Å². The molecule has 0 saturated carbocycles. The highest BCUT2D eigenvalue weighted by molar-refractivity contribution is 9.10. The number of halogens is 1. The first-order valence-corrected chi connectivity index (χ1v) is 6.67.